The number of aldehydes is 1. The molecule has 2 heterocycles. The van der Waals surface area contributed by atoms with Crippen molar-refractivity contribution in [2.24, 2.45) is 7.05 Å². The van der Waals surface area contributed by atoms with E-state index in [4.69, 9.17) is 9.47 Å². The Morgan fingerprint density at radius 2 is 2.09 bits per heavy atom. The van der Waals surface area contributed by atoms with Crippen molar-refractivity contribution in [3.63, 3.8) is 0 Å². The molecule has 1 aliphatic rings. The van der Waals surface area contributed by atoms with E-state index in [1.54, 1.807) is 0 Å². The van der Waals surface area contributed by atoms with E-state index in [2.05, 4.69) is 10.3 Å². The fourth-order valence-corrected chi connectivity index (χ4v) is 2.07. The number of anilines is 1. The number of aliphatic hydroxyl groups is 3. The van der Waals surface area contributed by atoms with E-state index < -0.39 is 30.1 Å². The zero-order valence-corrected chi connectivity index (χ0v) is 12.0. The largest absolute Gasteiger partial charge is 0.468 e. The normalized spacial score (nSPS) is 28.2. The van der Waals surface area contributed by atoms with Gasteiger partial charge in [-0.15, -0.1) is 0 Å². The van der Waals surface area contributed by atoms with Crippen LogP contribution in [-0.2, 0) is 11.8 Å². The van der Waals surface area contributed by atoms with Crippen molar-refractivity contribution < 1.29 is 29.6 Å². The van der Waals surface area contributed by atoms with E-state index >= 15 is 0 Å². The summed E-state index contributed by atoms with van der Waals surface area (Å²) < 4.78 is 11.1. The molecule has 10 heteroatoms. The molecule has 4 unspecified atom stereocenters. The second-order valence-corrected chi connectivity index (χ2v) is 4.79. The number of carbonyl (C=O) groups excluding carboxylic acids is 1. The van der Waals surface area contributed by atoms with Gasteiger partial charge in [0, 0.05) is 7.05 Å². The molecule has 0 aromatic carbocycles. The lowest BCUT2D eigenvalue weighted by molar-refractivity contribution is -0.178. The summed E-state index contributed by atoms with van der Waals surface area (Å²) in [7, 11) is 2.69. The van der Waals surface area contributed by atoms with Crippen LogP contribution in [0.3, 0.4) is 0 Å². The van der Waals surface area contributed by atoms with Gasteiger partial charge in [-0.05, 0) is 0 Å². The Morgan fingerprint density at radius 1 is 1.41 bits per heavy atom. The minimum atomic E-state index is -1.47. The van der Waals surface area contributed by atoms with Gasteiger partial charge in [0.05, 0.1) is 13.7 Å². The SMILES string of the molecule is COc1nc(NC2OCC(O)C(O)C2O)c(C=O)c(=O)n1C. The van der Waals surface area contributed by atoms with Gasteiger partial charge in [0.2, 0.25) is 0 Å². The summed E-state index contributed by atoms with van der Waals surface area (Å²) in [6, 6.07) is -0.0519. The van der Waals surface area contributed by atoms with Gasteiger partial charge in [-0.2, -0.15) is 4.98 Å². The number of nitrogens with one attached hydrogen (secondary N) is 1. The fourth-order valence-electron chi connectivity index (χ4n) is 2.07. The molecule has 2 rings (SSSR count). The quantitative estimate of drug-likeness (QED) is 0.441. The fraction of sp³-hybridized carbons (Fsp3) is 0.583. The third-order valence-electron chi connectivity index (χ3n) is 3.36. The van der Waals surface area contributed by atoms with Crippen LogP contribution in [0.4, 0.5) is 5.82 Å². The first-order valence-electron chi connectivity index (χ1n) is 6.43. The van der Waals surface area contributed by atoms with Crippen LogP contribution < -0.4 is 15.6 Å². The number of aromatic nitrogens is 2. The van der Waals surface area contributed by atoms with E-state index in [0.29, 0.717) is 6.29 Å². The molecule has 0 bridgehead atoms. The monoisotopic (exact) mass is 315 g/mol. The van der Waals surface area contributed by atoms with Crippen LogP contribution in [-0.4, -0.2) is 69.4 Å². The molecule has 0 spiro atoms. The molecule has 1 aromatic heterocycles. The standard InChI is InChI=1S/C12H17N3O7/c1-15-11(20)5(3-16)9(14-12(15)21-2)13-10-8(19)7(18)6(17)4-22-10/h3,6-8,10,13,17-19H,4H2,1-2H3. The van der Waals surface area contributed by atoms with Crippen molar-refractivity contribution in [1.82, 2.24) is 9.55 Å². The molecule has 1 aromatic rings. The zero-order chi connectivity index (χ0) is 16.4. The molecule has 1 fully saturated rings. The van der Waals surface area contributed by atoms with Crippen molar-refractivity contribution in [3.05, 3.63) is 15.9 Å². The number of methoxy groups -OCH3 is 1. The second kappa shape index (κ2) is 6.40. The Bertz CT molecular complexity index is 617. The van der Waals surface area contributed by atoms with Gasteiger partial charge >= 0.3 is 6.01 Å². The van der Waals surface area contributed by atoms with Gasteiger partial charge in [0.1, 0.15) is 29.7 Å². The maximum atomic E-state index is 12.0. The van der Waals surface area contributed by atoms with Gasteiger partial charge in [0.15, 0.2) is 12.5 Å². The predicted octanol–water partition coefficient (Wildman–Crippen LogP) is -2.55. The van der Waals surface area contributed by atoms with Crippen LogP contribution in [0, 0.1) is 0 Å². The van der Waals surface area contributed by atoms with Crippen LogP contribution in [0.25, 0.3) is 0 Å². The van der Waals surface area contributed by atoms with E-state index in [-0.39, 0.29) is 24.0 Å². The lowest BCUT2D eigenvalue weighted by Crippen LogP contribution is -2.55. The Kier molecular flexibility index (Phi) is 4.76. The third kappa shape index (κ3) is 2.81. The summed E-state index contributed by atoms with van der Waals surface area (Å²) >= 11 is 0. The summed E-state index contributed by atoms with van der Waals surface area (Å²) in [4.78, 5) is 27.1. The van der Waals surface area contributed by atoms with E-state index in [1.165, 1.54) is 14.2 Å². The van der Waals surface area contributed by atoms with Crippen LogP contribution >= 0.6 is 0 Å². The Balaban J connectivity index is 2.35. The number of nitrogens with zero attached hydrogens (tertiary/aromatic N) is 2. The Hall–Kier alpha value is -2.01. The first-order chi connectivity index (χ1) is 10.4. The second-order valence-electron chi connectivity index (χ2n) is 4.79. The molecule has 0 aliphatic carbocycles. The summed E-state index contributed by atoms with van der Waals surface area (Å²) in [6.07, 6.45) is -4.97. The van der Waals surface area contributed by atoms with Crippen LogP contribution in [0.2, 0.25) is 0 Å². The van der Waals surface area contributed by atoms with Gasteiger partial charge in [-0.25, -0.2) is 0 Å². The molecule has 1 saturated heterocycles. The van der Waals surface area contributed by atoms with Crippen LogP contribution in [0.1, 0.15) is 10.4 Å². The van der Waals surface area contributed by atoms with Crippen molar-refractivity contribution in [3.8, 4) is 6.01 Å². The van der Waals surface area contributed by atoms with Crippen molar-refractivity contribution in [2.45, 2.75) is 24.5 Å². The third-order valence-corrected chi connectivity index (χ3v) is 3.36. The number of aliphatic hydroxyl groups excluding tert-OH is 3. The highest BCUT2D eigenvalue weighted by Gasteiger charge is 2.38. The van der Waals surface area contributed by atoms with Crippen molar-refractivity contribution in [2.75, 3.05) is 19.0 Å². The number of rotatable bonds is 4. The van der Waals surface area contributed by atoms with Gasteiger partial charge in [-0.3, -0.25) is 14.2 Å². The van der Waals surface area contributed by atoms with E-state index in [9.17, 15) is 24.9 Å². The van der Waals surface area contributed by atoms with Crippen LogP contribution in [0.5, 0.6) is 6.01 Å². The first-order valence-corrected chi connectivity index (χ1v) is 6.43. The highest BCUT2D eigenvalue weighted by molar-refractivity contribution is 5.82. The number of carbonyl (C=O) groups is 1. The molecule has 0 saturated carbocycles. The molecule has 0 radical (unpaired) electrons. The molecule has 10 nitrogen and oxygen atoms in total. The molecular weight excluding hydrogens is 298 g/mol. The number of hydrogen-bond acceptors (Lipinski definition) is 9. The topological polar surface area (TPSA) is 143 Å². The molecular formula is C12H17N3O7. The summed E-state index contributed by atoms with van der Waals surface area (Å²) in [5, 5.41) is 31.4. The average Bonchev–Trinajstić information content (AvgIpc) is 2.51. The maximum Gasteiger partial charge on any atom is 0.300 e. The summed E-state index contributed by atoms with van der Waals surface area (Å²) in [6.45, 7) is -0.228. The lowest BCUT2D eigenvalue weighted by atomic mass is 10.0. The minimum Gasteiger partial charge on any atom is -0.468 e. The summed E-state index contributed by atoms with van der Waals surface area (Å²) in [5.74, 6) is -0.150. The Morgan fingerprint density at radius 3 is 2.68 bits per heavy atom. The Labute approximate surface area is 124 Å². The lowest BCUT2D eigenvalue weighted by Gasteiger charge is -2.35. The highest BCUT2D eigenvalue weighted by atomic mass is 16.5. The van der Waals surface area contributed by atoms with Crippen LogP contribution in [0.15, 0.2) is 4.79 Å². The first kappa shape index (κ1) is 16.4. The minimum absolute atomic E-state index is 0.0519. The van der Waals surface area contributed by atoms with Gasteiger partial charge in [-0.1, -0.05) is 0 Å². The zero-order valence-electron chi connectivity index (χ0n) is 12.0. The predicted molar refractivity (Wildman–Crippen MR) is 72.8 cm³/mol. The molecule has 0 amide bonds. The average molecular weight is 315 g/mol. The number of ether oxygens (including phenoxy) is 2. The number of hydrogen-bond donors (Lipinski definition) is 4. The van der Waals surface area contributed by atoms with Gasteiger partial charge in [0.25, 0.3) is 5.56 Å². The maximum absolute atomic E-state index is 12.0. The highest BCUT2D eigenvalue weighted by Crippen LogP contribution is 2.19. The smallest absolute Gasteiger partial charge is 0.300 e. The summed E-state index contributed by atoms with van der Waals surface area (Å²) in [5.41, 5.74) is -0.921. The molecule has 1 aliphatic heterocycles. The van der Waals surface area contributed by atoms with E-state index in [1.807, 2.05) is 0 Å². The van der Waals surface area contributed by atoms with Crippen molar-refractivity contribution >= 4 is 12.1 Å². The molecule has 122 valence electrons. The van der Waals surface area contributed by atoms with Gasteiger partial charge < -0.3 is 30.1 Å². The molecule has 4 atom stereocenters. The van der Waals surface area contributed by atoms with Crippen molar-refractivity contribution in [1.29, 1.82) is 0 Å². The molecule has 4 N–H and O–H groups in total. The molecule has 22 heavy (non-hydrogen) atoms. The van der Waals surface area contributed by atoms with E-state index in [0.717, 1.165) is 4.57 Å².